The summed E-state index contributed by atoms with van der Waals surface area (Å²) in [5.41, 5.74) is 8.95. The number of para-hydroxylation sites is 2. The number of hydrogen-bond acceptors (Lipinski definition) is 5. The van der Waals surface area contributed by atoms with Gasteiger partial charge in [0.25, 0.3) is 0 Å². The summed E-state index contributed by atoms with van der Waals surface area (Å²) in [6, 6.07) is 7.83. The van der Waals surface area contributed by atoms with E-state index in [-0.39, 0.29) is 0 Å². The molecule has 21 heavy (non-hydrogen) atoms. The van der Waals surface area contributed by atoms with Gasteiger partial charge >= 0.3 is 5.97 Å². The van der Waals surface area contributed by atoms with Crippen molar-refractivity contribution in [2.45, 2.75) is 6.92 Å². The molecule has 0 amide bonds. The molecule has 0 unspecified atom stereocenters. The number of fused-ring (bicyclic) bond motifs is 1. The van der Waals surface area contributed by atoms with E-state index in [4.69, 9.17) is 10.5 Å². The van der Waals surface area contributed by atoms with Crippen LogP contribution in [0.25, 0.3) is 22.4 Å². The molecule has 0 saturated heterocycles. The second-order valence-electron chi connectivity index (χ2n) is 4.59. The van der Waals surface area contributed by atoms with Gasteiger partial charge in [0.2, 0.25) is 0 Å². The van der Waals surface area contributed by atoms with Crippen molar-refractivity contribution < 1.29 is 9.53 Å². The number of ether oxygens (including phenoxy) is 1. The summed E-state index contributed by atoms with van der Waals surface area (Å²) in [5.74, 6) is 0.311. The van der Waals surface area contributed by atoms with Crippen molar-refractivity contribution in [3.8, 4) is 11.4 Å². The molecule has 2 N–H and O–H groups in total. The highest BCUT2D eigenvalue weighted by Gasteiger charge is 2.23. The molecule has 2 heterocycles. The van der Waals surface area contributed by atoms with Crippen molar-refractivity contribution in [1.29, 1.82) is 0 Å². The molecule has 0 aliphatic rings. The summed E-state index contributed by atoms with van der Waals surface area (Å²) in [4.78, 5) is 16.7. The number of rotatable bonds is 3. The molecule has 6 heteroatoms. The number of carbonyl (C=O) groups is 1. The highest BCUT2D eigenvalue weighted by molar-refractivity contribution is 7.14. The molecule has 3 rings (SSSR count). The summed E-state index contributed by atoms with van der Waals surface area (Å²) < 4.78 is 7.05. The number of nitrogens with two attached hydrogens (primary N) is 1. The summed E-state index contributed by atoms with van der Waals surface area (Å²) in [6.07, 6.45) is 0. The zero-order valence-corrected chi connectivity index (χ0v) is 12.6. The smallest absolute Gasteiger partial charge is 0.341 e. The molecular weight excluding hydrogens is 286 g/mol. The third-order valence-corrected chi connectivity index (χ3v) is 4.14. The number of hydrogen-bond donors (Lipinski definition) is 1. The SMILES string of the molecule is CCOC(=O)c1c(-c2nc3ccccc3n2C)csc1N. The normalized spacial score (nSPS) is 11.0. The van der Waals surface area contributed by atoms with Crippen LogP contribution in [0.15, 0.2) is 29.6 Å². The number of aryl methyl sites for hydroxylation is 1. The monoisotopic (exact) mass is 301 g/mol. The molecule has 0 aliphatic heterocycles. The minimum atomic E-state index is -0.404. The van der Waals surface area contributed by atoms with Gasteiger partial charge in [-0.3, -0.25) is 0 Å². The molecule has 0 aliphatic carbocycles. The van der Waals surface area contributed by atoms with Gasteiger partial charge in [0.1, 0.15) is 16.4 Å². The van der Waals surface area contributed by atoms with E-state index >= 15 is 0 Å². The van der Waals surface area contributed by atoms with Crippen LogP contribution in [0.3, 0.4) is 0 Å². The number of esters is 1. The maximum atomic E-state index is 12.1. The second-order valence-corrected chi connectivity index (χ2v) is 5.50. The highest BCUT2D eigenvalue weighted by Crippen LogP contribution is 2.34. The van der Waals surface area contributed by atoms with Crippen LogP contribution in [-0.4, -0.2) is 22.1 Å². The summed E-state index contributed by atoms with van der Waals surface area (Å²) in [7, 11) is 1.92. The van der Waals surface area contributed by atoms with Crippen LogP contribution < -0.4 is 5.73 Å². The van der Waals surface area contributed by atoms with Gasteiger partial charge in [0.05, 0.1) is 17.6 Å². The Morgan fingerprint density at radius 1 is 1.43 bits per heavy atom. The van der Waals surface area contributed by atoms with Crippen LogP contribution in [-0.2, 0) is 11.8 Å². The van der Waals surface area contributed by atoms with E-state index in [1.165, 1.54) is 11.3 Å². The Bertz CT molecular complexity index is 820. The van der Waals surface area contributed by atoms with Crippen LogP contribution >= 0.6 is 11.3 Å². The second kappa shape index (κ2) is 5.21. The Kier molecular flexibility index (Phi) is 3.39. The van der Waals surface area contributed by atoms with Gasteiger partial charge in [-0.15, -0.1) is 11.3 Å². The quantitative estimate of drug-likeness (QED) is 0.755. The number of imidazole rings is 1. The van der Waals surface area contributed by atoms with Gasteiger partial charge in [0.15, 0.2) is 0 Å². The van der Waals surface area contributed by atoms with Gasteiger partial charge in [-0.1, -0.05) is 12.1 Å². The Morgan fingerprint density at radius 2 is 2.19 bits per heavy atom. The van der Waals surface area contributed by atoms with E-state index in [0.717, 1.165) is 16.6 Å². The average Bonchev–Trinajstić information content (AvgIpc) is 3.00. The maximum Gasteiger partial charge on any atom is 0.341 e. The summed E-state index contributed by atoms with van der Waals surface area (Å²) in [5, 5.41) is 2.30. The van der Waals surface area contributed by atoms with E-state index in [1.807, 2.05) is 41.3 Å². The predicted octanol–water partition coefficient (Wildman–Crippen LogP) is 3.06. The first-order valence-electron chi connectivity index (χ1n) is 6.59. The van der Waals surface area contributed by atoms with Gasteiger partial charge in [-0.05, 0) is 19.1 Å². The fourth-order valence-electron chi connectivity index (χ4n) is 2.34. The zero-order chi connectivity index (χ0) is 15.0. The lowest BCUT2D eigenvalue weighted by Crippen LogP contribution is -2.08. The van der Waals surface area contributed by atoms with Crippen molar-refractivity contribution in [1.82, 2.24) is 9.55 Å². The van der Waals surface area contributed by atoms with Crippen molar-refractivity contribution in [2.24, 2.45) is 7.05 Å². The predicted molar refractivity (Wildman–Crippen MR) is 84.4 cm³/mol. The molecule has 0 atom stereocenters. The van der Waals surface area contributed by atoms with Crippen LogP contribution in [0.4, 0.5) is 5.00 Å². The van der Waals surface area contributed by atoms with Crippen LogP contribution in [0.5, 0.6) is 0 Å². The van der Waals surface area contributed by atoms with Gasteiger partial charge < -0.3 is 15.0 Å². The van der Waals surface area contributed by atoms with Gasteiger partial charge in [-0.2, -0.15) is 0 Å². The largest absolute Gasteiger partial charge is 0.462 e. The average molecular weight is 301 g/mol. The Morgan fingerprint density at radius 3 is 2.90 bits per heavy atom. The molecule has 0 fully saturated rings. The molecule has 0 bridgehead atoms. The summed E-state index contributed by atoms with van der Waals surface area (Å²) in [6.45, 7) is 2.09. The topological polar surface area (TPSA) is 70.1 Å². The lowest BCUT2D eigenvalue weighted by molar-refractivity contribution is 0.0529. The molecule has 5 nitrogen and oxygen atoms in total. The number of nitrogens with zero attached hydrogens (tertiary/aromatic N) is 2. The first-order chi connectivity index (χ1) is 10.1. The number of thiophene rings is 1. The minimum absolute atomic E-state index is 0.316. The third kappa shape index (κ3) is 2.17. The lowest BCUT2D eigenvalue weighted by atomic mass is 10.1. The molecule has 3 aromatic rings. The Labute approximate surface area is 126 Å². The number of aromatic nitrogens is 2. The minimum Gasteiger partial charge on any atom is -0.462 e. The molecule has 108 valence electrons. The number of benzene rings is 1. The van der Waals surface area contributed by atoms with E-state index in [1.54, 1.807) is 6.92 Å². The van der Waals surface area contributed by atoms with Crippen LogP contribution in [0.1, 0.15) is 17.3 Å². The number of nitrogen functional groups attached to an aromatic ring is 1. The zero-order valence-electron chi connectivity index (χ0n) is 11.8. The first kappa shape index (κ1) is 13.6. The van der Waals surface area contributed by atoms with E-state index < -0.39 is 5.97 Å². The van der Waals surface area contributed by atoms with Gasteiger partial charge in [0, 0.05) is 18.0 Å². The van der Waals surface area contributed by atoms with E-state index in [9.17, 15) is 4.79 Å². The highest BCUT2D eigenvalue weighted by atomic mass is 32.1. The lowest BCUT2D eigenvalue weighted by Gasteiger charge is -2.05. The molecule has 0 saturated carbocycles. The first-order valence-corrected chi connectivity index (χ1v) is 7.47. The molecular formula is C15H15N3O2S. The van der Waals surface area contributed by atoms with Crippen molar-refractivity contribution in [2.75, 3.05) is 12.3 Å². The Hall–Kier alpha value is -2.34. The standard InChI is InChI=1S/C15H15N3O2S/c1-3-20-15(19)12-9(8-21-13(12)16)14-17-10-6-4-5-7-11(10)18(14)2/h4-8H,3,16H2,1-2H3. The van der Waals surface area contributed by atoms with Gasteiger partial charge in [-0.25, -0.2) is 9.78 Å². The molecule has 1 aromatic carbocycles. The van der Waals surface area contributed by atoms with Crippen molar-refractivity contribution in [3.05, 3.63) is 35.2 Å². The molecule has 0 spiro atoms. The van der Waals surface area contributed by atoms with E-state index in [0.29, 0.717) is 23.0 Å². The van der Waals surface area contributed by atoms with Crippen LogP contribution in [0, 0.1) is 0 Å². The number of anilines is 1. The fourth-order valence-corrected chi connectivity index (χ4v) is 3.12. The summed E-state index contributed by atoms with van der Waals surface area (Å²) >= 11 is 1.32. The fraction of sp³-hybridized carbons (Fsp3) is 0.200. The third-order valence-electron chi connectivity index (χ3n) is 3.33. The van der Waals surface area contributed by atoms with Crippen molar-refractivity contribution >= 4 is 33.3 Å². The van der Waals surface area contributed by atoms with Crippen molar-refractivity contribution in [3.63, 3.8) is 0 Å². The molecule has 0 radical (unpaired) electrons. The molecule has 2 aromatic heterocycles. The van der Waals surface area contributed by atoms with E-state index in [2.05, 4.69) is 4.98 Å². The maximum absolute atomic E-state index is 12.1. The number of carbonyl (C=O) groups excluding carboxylic acids is 1. The van der Waals surface area contributed by atoms with Crippen LogP contribution in [0.2, 0.25) is 0 Å². The Balaban J connectivity index is 2.19.